The quantitative estimate of drug-likeness (QED) is 0.917. The lowest BCUT2D eigenvalue weighted by molar-refractivity contribution is 0.169. The van der Waals surface area contributed by atoms with E-state index in [2.05, 4.69) is 10.3 Å². The second-order valence-electron chi connectivity index (χ2n) is 3.61. The van der Waals surface area contributed by atoms with E-state index in [9.17, 15) is 9.50 Å². The van der Waals surface area contributed by atoms with Crippen LogP contribution >= 0.6 is 11.6 Å². The summed E-state index contributed by atoms with van der Waals surface area (Å²) in [6.45, 7) is 1.84. The number of halogens is 2. The number of aliphatic hydroxyl groups is 1. The largest absolute Gasteiger partial charge is 0.387 e. The molecule has 0 aliphatic rings. The van der Waals surface area contributed by atoms with Crippen molar-refractivity contribution in [2.24, 2.45) is 0 Å². The van der Waals surface area contributed by atoms with E-state index in [0.29, 0.717) is 17.8 Å². The Labute approximate surface area is 103 Å². The van der Waals surface area contributed by atoms with E-state index in [1.807, 2.05) is 6.92 Å². The first-order chi connectivity index (χ1) is 8.11. The third-order valence-electron chi connectivity index (χ3n) is 2.40. The predicted molar refractivity (Wildman–Crippen MR) is 61.6 cm³/mol. The van der Waals surface area contributed by atoms with Crippen molar-refractivity contribution in [1.82, 2.24) is 15.0 Å². The Hall–Kier alpha value is -1.46. The summed E-state index contributed by atoms with van der Waals surface area (Å²) >= 11 is 5.90. The molecule has 4 nitrogen and oxygen atoms in total. The molecule has 0 bridgehead atoms. The first-order valence-electron chi connectivity index (χ1n) is 5.17. The zero-order valence-electron chi connectivity index (χ0n) is 9.14. The summed E-state index contributed by atoms with van der Waals surface area (Å²) in [7, 11) is 0. The summed E-state index contributed by atoms with van der Waals surface area (Å²) in [5, 5.41) is 17.5. The molecule has 0 aliphatic heterocycles. The number of nitrogens with zero attached hydrogens (tertiary/aromatic N) is 3. The molecule has 1 N–H and O–H groups in total. The van der Waals surface area contributed by atoms with Gasteiger partial charge >= 0.3 is 0 Å². The normalized spacial score (nSPS) is 12.7. The van der Waals surface area contributed by atoms with Crippen molar-refractivity contribution in [1.29, 1.82) is 0 Å². The molecule has 1 aromatic carbocycles. The summed E-state index contributed by atoms with van der Waals surface area (Å²) in [4.78, 5) is 0. The van der Waals surface area contributed by atoms with E-state index < -0.39 is 11.9 Å². The van der Waals surface area contributed by atoms with Crippen LogP contribution in [-0.2, 0) is 0 Å². The van der Waals surface area contributed by atoms with Crippen LogP contribution < -0.4 is 0 Å². The monoisotopic (exact) mass is 255 g/mol. The second-order valence-corrected chi connectivity index (χ2v) is 4.01. The van der Waals surface area contributed by atoms with Crippen LogP contribution in [-0.4, -0.2) is 20.1 Å². The highest BCUT2D eigenvalue weighted by Gasteiger charge is 2.12. The van der Waals surface area contributed by atoms with Gasteiger partial charge in [0.15, 0.2) is 0 Å². The maximum absolute atomic E-state index is 12.9. The Bertz CT molecular complexity index is 529. The van der Waals surface area contributed by atoms with Crippen LogP contribution in [0.25, 0.3) is 5.69 Å². The first kappa shape index (κ1) is 12.0. The van der Waals surface area contributed by atoms with Crippen LogP contribution in [0.1, 0.15) is 25.1 Å². The molecule has 0 spiro atoms. The minimum Gasteiger partial charge on any atom is -0.387 e. The van der Waals surface area contributed by atoms with Gasteiger partial charge in [-0.2, -0.15) is 0 Å². The lowest BCUT2D eigenvalue weighted by atomic mass is 10.2. The highest BCUT2D eigenvalue weighted by Crippen LogP contribution is 2.22. The van der Waals surface area contributed by atoms with E-state index in [4.69, 9.17) is 11.6 Å². The molecule has 0 fully saturated rings. The third kappa shape index (κ3) is 2.45. The molecule has 6 heteroatoms. The van der Waals surface area contributed by atoms with Crippen LogP contribution in [0.5, 0.6) is 0 Å². The topological polar surface area (TPSA) is 50.9 Å². The van der Waals surface area contributed by atoms with Gasteiger partial charge in [0.05, 0.1) is 23.0 Å². The SMILES string of the molecule is CCC(O)c1cn(-c2ccc(F)cc2Cl)nn1. The Morgan fingerprint density at radius 1 is 1.53 bits per heavy atom. The molecule has 0 saturated heterocycles. The molecular weight excluding hydrogens is 245 g/mol. The van der Waals surface area contributed by atoms with Gasteiger partial charge in [-0.25, -0.2) is 9.07 Å². The molecule has 1 unspecified atom stereocenters. The van der Waals surface area contributed by atoms with E-state index >= 15 is 0 Å². The number of rotatable bonds is 3. The van der Waals surface area contributed by atoms with Crippen molar-refractivity contribution in [2.75, 3.05) is 0 Å². The minimum absolute atomic E-state index is 0.243. The van der Waals surface area contributed by atoms with Crippen LogP contribution in [0.4, 0.5) is 4.39 Å². The van der Waals surface area contributed by atoms with Gasteiger partial charge in [0.25, 0.3) is 0 Å². The van der Waals surface area contributed by atoms with Gasteiger partial charge in [-0.05, 0) is 24.6 Å². The highest BCUT2D eigenvalue weighted by molar-refractivity contribution is 6.32. The van der Waals surface area contributed by atoms with Gasteiger partial charge in [0.2, 0.25) is 0 Å². The molecule has 17 heavy (non-hydrogen) atoms. The number of benzene rings is 1. The molecule has 0 saturated carbocycles. The highest BCUT2D eigenvalue weighted by atomic mass is 35.5. The van der Waals surface area contributed by atoms with Gasteiger partial charge in [-0.3, -0.25) is 0 Å². The molecule has 2 rings (SSSR count). The van der Waals surface area contributed by atoms with Crippen molar-refractivity contribution < 1.29 is 9.50 Å². The fourth-order valence-electron chi connectivity index (χ4n) is 1.42. The van der Waals surface area contributed by atoms with E-state index in [1.165, 1.54) is 22.9 Å². The zero-order valence-corrected chi connectivity index (χ0v) is 9.89. The van der Waals surface area contributed by atoms with Crippen LogP contribution in [0.2, 0.25) is 5.02 Å². The van der Waals surface area contributed by atoms with E-state index in [0.717, 1.165) is 0 Å². The summed E-state index contributed by atoms with van der Waals surface area (Å²) in [5.74, 6) is -0.410. The standard InChI is InChI=1S/C11H11ClFN3O/c1-2-11(17)9-6-16(15-14-9)10-4-3-7(13)5-8(10)12/h3-6,11,17H,2H2,1H3. The first-order valence-corrected chi connectivity index (χ1v) is 5.55. The maximum Gasteiger partial charge on any atom is 0.124 e. The average molecular weight is 256 g/mol. The van der Waals surface area contributed by atoms with Gasteiger partial charge in [0, 0.05) is 0 Å². The predicted octanol–water partition coefficient (Wildman–Crippen LogP) is 2.50. The Morgan fingerprint density at radius 3 is 2.94 bits per heavy atom. The maximum atomic E-state index is 12.9. The van der Waals surface area contributed by atoms with E-state index in [1.54, 1.807) is 6.20 Å². The fraction of sp³-hybridized carbons (Fsp3) is 0.273. The molecule has 0 radical (unpaired) electrons. The van der Waals surface area contributed by atoms with Gasteiger partial charge in [-0.15, -0.1) is 5.10 Å². The molecule has 2 aromatic rings. The molecule has 0 amide bonds. The summed E-state index contributed by atoms with van der Waals surface area (Å²) in [5.41, 5.74) is 0.989. The van der Waals surface area contributed by atoms with Crippen molar-refractivity contribution in [3.63, 3.8) is 0 Å². The Kier molecular flexibility index (Phi) is 3.40. The van der Waals surface area contributed by atoms with Crippen LogP contribution in [0.3, 0.4) is 0 Å². The number of aromatic nitrogens is 3. The molecule has 1 atom stereocenters. The van der Waals surface area contributed by atoms with Crippen molar-refractivity contribution in [3.05, 3.63) is 40.9 Å². The number of hydrogen-bond acceptors (Lipinski definition) is 3. The average Bonchev–Trinajstić information content (AvgIpc) is 2.77. The molecule has 1 heterocycles. The molecular formula is C11H11ClFN3O. The lowest BCUT2D eigenvalue weighted by Gasteiger charge is -2.03. The van der Waals surface area contributed by atoms with Gasteiger partial charge in [0.1, 0.15) is 11.5 Å². The number of hydrogen-bond donors (Lipinski definition) is 1. The lowest BCUT2D eigenvalue weighted by Crippen LogP contribution is -1.96. The fourth-order valence-corrected chi connectivity index (χ4v) is 1.68. The second kappa shape index (κ2) is 4.81. The molecule has 0 aliphatic carbocycles. The molecule has 1 aromatic heterocycles. The summed E-state index contributed by atoms with van der Waals surface area (Å²) in [6, 6.07) is 4.00. The van der Waals surface area contributed by atoms with Gasteiger partial charge < -0.3 is 5.11 Å². The van der Waals surface area contributed by atoms with Crippen LogP contribution in [0, 0.1) is 5.82 Å². The van der Waals surface area contributed by atoms with Gasteiger partial charge in [-0.1, -0.05) is 23.7 Å². The third-order valence-corrected chi connectivity index (χ3v) is 2.70. The van der Waals surface area contributed by atoms with Crippen molar-refractivity contribution >= 4 is 11.6 Å². The Morgan fingerprint density at radius 2 is 2.29 bits per heavy atom. The van der Waals surface area contributed by atoms with Crippen LogP contribution in [0.15, 0.2) is 24.4 Å². The zero-order chi connectivity index (χ0) is 12.4. The molecule has 90 valence electrons. The minimum atomic E-state index is -0.650. The summed E-state index contributed by atoms with van der Waals surface area (Å²) in [6.07, 6.45) is 1.48. The Balaban J connectivity index is 2.37. The van der Waals surface area contributed by atoms with E-state index in [-0.39, 0.29) is 5.02 Å². The van der Waals surface area contributed by atoms with Crippen molar-refractivity contribution in [3.8, 4) is 5.69 Å². The summed E-state index contributed by atoms with van der Waals surface area (Å²) < 4.78 is 14.3. The van der Waals surface area contributed by atoms with Crippen molar-refractivity contribution in [2.45, 2.75) is 19.4 Å². The smallest absolute Gasteiger partial charge is 0.124 e. The number of aliphatic hydroxyl groups excluding tert-OH is 1.